The zero-order valence-corrected chi connectivity index (χ0v) is 10.1. The molecule has 0 radical (unpaired) electrons. The van der Waals surface area contributed by atoms with Gasteiger partial charge in [-0.05, 0) is 34.1 Å². The van der Waals surface area contributed by atoms with Gasteiger partial charge in [0.1, 0.15) is 16.6 Å². The number of halogens is 2. The minimum Gasteiger partial charge on any atom is -0.416 e. The molecule has 1 heterocycles. The Bertz CT molecular complexity index is 442. The molecule has 0 spiro atoms. The summed E-state index contributed by atoms with van der Waals surface area (Å²) in [4.78, 5) is 3.95. The standard InChI is InChI=1S/C9H5Br2NO2/c10-6-2-1-3-7(4-6)14-9-12-8(11)5-13-9/h1-5H. The van der Waals surface area contributed by atoms with Crippen LogP contribution in [0.5, 0.6) is 11.8 Å². The Kier molecular flexibility index (Phi) is 2.88. The predicted octanol–water partition coefficient (Wildman–Crippen LogP) is 3.99. The minimum atomic E-state index is 0.218. The second-order valence-electron chi connectivity index (χ2n) is 2.50. The van der Waals surface area contributed by atoms with E-state index in [1.54, 1.807) is 0 Å². The van der Waals surface area contributed by atoms with Gasteiger partial charge in [0.15, 0.2) is 0 Å². The lowest BCUT2D eigenvalue weighted by Gasteiger charge is -1.99. The third-order valence-electron chi connectivity index (χ3n) is 1.46. The summed E-state index contributed by atoms with van der Waals surface area (Å²) in [7, 11) is 0. The van der Waals surface area contributed by atoms with E-state index < -0.39 is 0 Å². The van der Waals surface area contributed by atoms with Crippen molar-refractivity contribution in [2.45, 2.75) is 0 Å². The zero-order valence-electron chi connectivity index (χ0n) is 6.91. The Hall–Kier alpha value is -0.810. The van der Waals surface area contributed by atoms with E-state index in [4.69, 9.17) is 9.15 Å². The van der Waals surface area contributed by atoms with Gasteiger partial charge in [-0.2, -0.15) is 4.98 Å². The maximum absolute atomic E-state index is 5.34. The van der Waals surface area contributed by atoms with Crippen molar-refractivity contribution < 1.29 is 9.15 Å². The highest BCUT2D eigenvalue weighted by atomic mass is 79.9. The highest BCUT2D eigenvalue weighted by Crippen LogP contribution is 2.24. The van der Waals surface area contributed by atoms with Crippen LogP contribution in [0.1, 0.15) is 0 Å². The summed E-state index contributed by atoms with van der Waals surface area (Å²) in [6.07, 6.45) is 1.68. The monoisotopic (exact) mass is 317 g/mol. The summed E-state index contributed by atoms with van der Waals surface area (Å²) >= 11 is 6.51. The molecule has 0 amide bonds. The Labute approximate surface area is 97.4 Å². The molecule has 14 heavy (non-hydrogen) atoms. The quantitative estimate of drug-likeness (QED) is 0.839. The van der Waals surface area contributed by atoms with Crippen LogP contribution in [0.25, 0.3) is 0 Å². The van der Waals surface area contributed by atoms with Crippen LogP contribution < -0.4 is 4.74 Å². The topological polar surface area (TPSA) is 35.3 Å². The van der Waals surface area contributed by atoms with Gasteiger partial charge in [0.25, 0.3) is 0 Å². The van der Waals surface area contributed by atoms with Gasteiger partial charge in [0.2, 0.25) is 0 Å². The van der Waals surface area contributed by atoms with E-state index in [9.17, 15) is 0 Å². The van der Waals surface area contributed by atoms with Crippen LogP contribution in [0.3, 0.4) is 0 Å². The van der Waals surface area contributed by atoms with E-state index in [0.717, 1.165) is 4.47 Å². The molecule has 0 aliphatic rings. The molecule has 0 saturated carbocycles. The van der Waals surface area contributed by atoms with E-state index in [0.29, 0.717) is 10.4 Å². The molecule has 2 rings (SSSR count). The molecule has 0 aliphatic carbocycles. The average Bonchev–Trinajstić information content (AvgIpc) is 2.51. The average molecular weight is 319 g/mol. The van der Waals surface area contributed by atoms with E-state index in [1.807, 2.05) is 24.3 Å². The fourth-order valence-electron chi connectivity index (χ4n) is 0.917. The molecular weight excluding hydrogens is 314 g/mol. The number of benzene rings is 1. The molecule has 2 aromatic rings. The van der Waals surface area contributed by atoms with Crippen molar-refractivity contribution in [1.82, 2.24) is 4.98 Å². The van der Waals surface area contributed by atoms with Crippen LogP contribution >= 0.6 is 31.9 Å². The zero-order chi connectivity index (χ0) is 9.97. The third kappa shape index (κ3) is 2.36. The van der Waals surface area contributed by atoms with E-state index in [2.05, 4.69) is 36.8 Å². The Morgan fingerprint density at radius 1 is 1.29 bits per heavy atom. The Balaban J connectivity index is 2.18. The van der Waals surface area contributed by atoms with Crippen molar-refractivity contribution in [2.75, 3.05) is 0 Å². The van der Waals surface area contributed by atoms with Crippen LogP contribution in [-0.4, -0.2) is 4.98 Å². The number of oxazole rings is 1. The number of hydrogen-bond acceptors (Lipinski definition) is 3. The normalized spacial score (nSPS) is 10.1. The van der Waals surface area contributed by atoms with Crippen LogP contribution in [0.15, 0.2) is 44.0 Å². The third-order valence-corrected chi connectivity index (χ3v) is 2.31. The van der Waals surface area contributed by atoms with Gasteiger partial charge < -0.3 is 9.15 Å². The summed E-state index contributed by atoms with van der Waals surface area (Å²) in [6, 6.07) is 7.44. The second-order valence-corrected chi connectivity index (χ2v) is 4.22. The summed E-state index contributed by atoms with van der Waals surface area (Å²) in [5.74, 6) is 0.675. The summed E-state index contributed by atoms with van der Waals surface area (Å²) < 4.78 is 11.9. The van der Waals surface area contributed by atoms with Gasteiger partial charge in [-0.25, -0.2) is 0 Å². The van der Waals surface area contributed by atoms with Gasteiger partial charge >= 0.3 is 6.08 Å². The molecule has 1 aromatic carbocycles. The molecule has 72 valence electrons. The summed E-state index contributed by atoms with van der Waals surface area (Å²) in [5.41, 5.74) is 0. The molecule has 0 fully saturated rings. The SMILES string of the molecule is Brc1cccc(Oc2nc(Br)co2)c1. The van der Waals surface area contributed by atoms with Crippen molar-refractivity contribution in [3.8, 4) is 11.8 Å². The van der Waals surface area contributed by atoms with E-state index in [-0.39, 0.29) is 6.08 Å². The molecule has 1 aromatic heterocycles. The molecule has 0 bridgehead atoms. The van der Waals surface area contributed by atoms with E-state index in [1.165, 1.54) is 6.26 Å². The first-order valence-electron chi connectivity index (χ1n) is 3.78. The largest absolute Gasteiger partial charge is 0.416 e. The predicted molar refractivity (Wildman–Crippen MR) is 58.4 cm³/mol. The first-order chi connectivity index (χ1) is 6.74. The van der Waals surface area contributed by atoms with Crippen molar-refractivity contribution in [3.63, 3.8) is 0 Å². The van der Waals surface area contributed by atoms with Crippen LogP contribution in [0.2, 0.25) is 0 Å². The minimum absolute atomic E-state index is 0.218. The Morgan fingerprint density at radius 3 is 2.79 bits per heavy atom. The van der Waals surface area contributed by atoms with Gasteiger partial charge in [-0.1, -0.05) is 22.0 Å². The molecule has 3 nitrogen and oxygen atoms in total. The highest BCUT2D eigenvalue weighted by molar-refractivity contribution is 9.10. The van der Waals surface area contributed by atoms with Crippen LogP contribution in [0.4, 0.5) is 0 Å². The lowest BCUT2D eigenvalue weighted by molar-refractivity contribution is 0.330. The van der Waals surface area contributed by atoms with Crippen molar-refractivity contribution in [2.24, 2.45) is 0 Å². The fraction of sp³-hybridized carbons (Fsp3) is 0. The number of rotatable bonds is 2. The maximum atomic E-state index is 5.34. The van der Waals surface area contributed by atoms with Gasteiger partial charge in [-0.3, -0.25) is 0 Å². The number of hydrogen-bond donors (Lipinski definition) is 0. The summed E-state index contributed by atoms with van der Waals surface area (Å²) in [6.45, 7) is 0. The van der Waals surface area contributed by atoms with Crippen LogP contribution in [-0.2, 0) is 0 Å². The first-order valence-corrected chi connectivity index (χ1v) is 5.37. The molecule has 0 atom stereocenters. The highest BCUT2D eigenvalue weighted by Gasteiger charge is 2.03. The maximum Gasteiger partial charge on any atom is 0.400 e. The molecule has 0 aliphatic heterocycles. The molecule has 5 heteroatoms. The molecule has 0 N–H and O–H groups in total. The molecule has 0 saturated heterocycles. The second kappa shape index (κ2) is 4.14. The summed E-state index contributed by atoms with van der Waals surface area (Å²) in [5, 5.41) is 0. The van der Waals surface area contributed by atoms with Crippen molar-refractivity contribution in [1.29, 1.82) is 0 Å². The lowest BCUT2D eigenvalue weighted by Crippen LogP contribution is -1.83. The van der Waals surface area contributed by atoms with Crippen LogP contribution in [0, 0.1) is 0 Å². The molecule has 0 unspecified atom stereocenters. The van der Waals surface area contributed by atoms with Gasteiger partial charge in [0, 0.05) is 4.47 Å². The Morgan fingerprint density at radius 2 is 2.14 bits per heavy atom. The number of nitrogens with zero attached hydrogens (tertiary/aromatic N) is 1. The smallest absolute Gasteiger partial charge is 0.400 e. The van der Waals surface area contributed by atoms with Crippen molar-refractivity contribution in [3.05, 3.63) is 39.6 Å². The van der Waals surface area contributed by atoms with E-state index >= 15 is 0 Å². The lowest BCUT2D eigenvalue weighted by atomic mass is 10.3. The van der Waals surface area contributed by atoms with Gasteiger partial charge in [-0.15, -0.1) is 0 Å². The number of ether oxygens (including phenoxy) is 1. The number of aromatic nitrogens is 1. The first kappa shape index (κ1) is 9.73. The fourth-order valence-corrected chi connectivity index (χ4v) is 1.53. The molecular formula is C9H5Br2NO2. The van der Waals surface area contributed by atoms with Crippen molar-refractivity contribution >= 4 is 31.9 Å². The van der Waals surface area contributed by atoms with Gasteiger partial charge in [0.05, 0.1) is 0 Å².